The van der Waals surface area contributed by atoms with Crippen molar-refractivity contribution >= 4 is 16.9 Å². The fraction of sp³-hybridized carbons (Fsp3) is 0.450. The molecule has 4 rings (SSSR count). The second kappa shape index (κ2) is 8.60. The van der Waals surface area contributed by atoms with Crippen molar-refractivity contribution in [3.8, 4) is 0 Å². The van der Waals surface area contributed by atoms with E-state index >= 15 is 0 Å². The van der Waals surface area contributed by atoms with Gasteiger partial charge < -0.3 is 20.4 Å². The molecule has 3 aromatic rings. The lowest BCUT2D eigenvalue weighted by atomic mass is 10.1. The smallest absolute Gasteiger partial charge is 0.191 e. The molecule has 0 aliphatic carbocycles. The molecule has 154 valence electrons. The van der Waals surface area contributed by atoms with Crippen molar-refractivity contribution in [3.63, 3.8) is 0 Å². The van der Waals surface area contributed by atoms with Gasteiger partial charge >= 0.3 is 0 Å². The van der Waals surface area contributed by atoms with Gasteiger partial charge in [0.15, 0.2) is 11.8 Å². The van der Waals surface area contributed by atoms with Crippen LogP contribution in [0, 0.1) is 5.82 Å². The van der Waals surface area contributed by atoms with Crippen LogP contribution in [0.1, 0.15) is 23.6 Å². The third-order valence-corrected chi connectivity index (χ3v) is 5.16. The molecular formula is C20H26FN7O. The van der Waals surface area contributed by atoms with Gasteiger partial charge in [0, 0.05) is 50.3 Å². The van der Waals surface area contributed by atoms with E-state index in [1.807, 2.05) is 10.9 Å². The average Bonchev–Trinajstić information content (AvgIpc) is 3.30. The summed E-state index contributed by atoms with van der Waals surface area (Å²) < 4.78 is 20.6. The number of aromatic amines is 1. The molecular weight excluding hydrogens is 373 g/mol. The van der Waals surface area contributed by atoms with Gasteiger partial charge in [0.1, 0.15) is 18.2 Å². The van der Waals surface area contributed by atoms with Crippen molar-refractivity contribution in [2.24, 2.45) is 4.99 Å². The van der Waals surface area contributed by atoms with Gasteiger partial charge in [-0.2, -0.15) is 5.10 Å². The highest BCUT2D eigenvalue weighted by molar-refractivity contribution is 5.83. The second-order valence-corrected chi connectivity index (χ2v) is 7.19. The van der Waals surface area contributed by atoms with Gasteiger partial charge in [0.05, 0.1) is 6.54 Å². The van der Waals surface area contributed by atoms with Crippen molar-refractivity contribution < 1.29 is 9.13 Å². The minimum absolute atomic E-state index is 0.220. The number of halogens is 1. The van der Waals surface area contributed by atoms with Crippen molar-refractivity contribution in [1.29, 1.82) is 0 Å². The molecule has 1 atom stereocenters. The number of hydrogen-bond acceptors (Lipinski definition) is 4. The molecule has 8 nitrogen and oxygen atoms in total. The lowest BCUT2D eigenvalue weighted by Gasteiger charge is -2.25. The fourth-order valence-electron chi connectivity index (χ4n) is 3.73. The van der Waals surface area contributed by atoms with Gasteiger partial charge in [-0.1, -0.05) is 0 Å². The Balaban J connectivity index is 1.31. The number of nitrogens with one attached hydrogen (secondary N) is 3. The Morgan fingerprint density at radius 1 is 1.45 bits per heavy atom. The normalized spacial score (nSPS) is 16.8. The lowest BCUT2D eigenvalue weighted by molar-refractivity contribution is 0.177. The molecule has 1 unspecified atom stereocenters. The zero-order valence-electron chi connectivity index (χ0n) is 16.7. The Morgan fingerprint density at radius 3 is 3.17 bits per heavy atom. The molecule has 29 heavy (non-hydrogen) atoms. The maximum Gasteiger partial charge on any atom is 0.191 e. The fourth-order valence-corrected chi connectivity index (χ4v) is 3.73. The highest BCUT2D eigenvalue weighted by Crippen LogP contribution is 2.19. The zero-order chi connectivity index (χ0) is 20.2. The molecule has 0 bridgehead atoms. The van der Waals surface area contributed by atoms with Crippen LogP contribution >= 0.6 is 0 Å². The van der Waals surface area contributed by atoms with Crippen molar-refractivity contribution in [3.05, 3.63) is 47.4 Å². The summed E-state index contributed by atoms with van der Waals surface area (Å²) in [7, 11) is 3.41. The van der Waals surface area contributed by atoms with E-state index in [1.54, 1.807) is 26.3 Å². The maximum atomic E-state index is 13.5. The number of hydrogen-bond donors (Lipinski definition) is 3. The van der Waals surface area contributed by atoms with Gasteiger partial charge in [0.25, 0.3) is 0 Å². The highest BCUT2D eigenvalue weighted by Gasteiger charge is 2.22. The van der Waals surface area contributed by atoms with Crippen LogP contribution in [-0.2, 0) is 30.7 Å². The highest BCUT2D eigenvalue weighted by atomic mass is 19.1. The van der Waals surface area contributed by atoms with Gasteiger partial charge in [-0.05, 0) is 36.6 Å². The molecule has 0 fully saturated rings. The largest absolute Gasteiger partial charge is 0.377 e. The van der Waals surface area contributed by atoms with Crippen molar-refractivity contribution in [1.82, 2.24) is 30.4 Å². The predicted molar refractivity (Wildman–Crippen MR) is 109 cm³/mol. The molecule has 1 aromatic carbocycles. The topological polar surface area (TPSA) is 92.2 Å². The predicted octanol–water partition coefficient (Wildman–Crippen LogP) is 1.77. The lowest BCUT2D eigenvalue weighted by Crippen LogP contribution is -2.47. The standard InChI is InChI=1S/C20H26FN7O/c1-22-20(23-8-7-13-10-24-17-5-3-14(21)9-16(13)17)25-15-4-6-19-26-18(12-29-2)27-28(19)11-15/h3,5,9-10,15,24H,4,6-8,11-12H2,1-2H3,(H2,22,23,25). The van der Waals surface area contributed by atoms with E-state index < -0.39 is 0 Å². The van der Waals surface area contributed by atoms with Crippen molar-refractivity contribution in [2.75, 3.05) is 20.7 Å². The number of aliphatic imine (C=N–C) groups is 1. The summed E-state index contributed by atoms with van der Waals surface area (Å²) >= 11 is 0. The van der Waals surface area contributed by atoms with Gasteiger partial charge in [-0.25, -0.2) is 14.1 Å². The molecule has 0 saturated heterocycles. The summed E-state index contributed by atoms with van der Waals surface area (Å²) in [5.74, 6) is 2.26. The van der Waals surface area contributed by atoms with Crippen LogP contribution in [0.5, 0.6) is 0 Å². The van der Waals surface area contributed by atoms with Gasteiger partial charge in [-0.15, -0.1) is 0 Å². The number of benzene rings is 1. The molecule has 0 spiro atoms. The number of methoxy groups -OCH3 is 1. The van der Waals surface area contributed by atoms with E-state index in [4.69, 9.17) is 4.74 Å². The van der Waals surface area contributed by atoms with E-state index in [1.165, 1.54) is 6.07 Å². The number of nitrogens with zero attached hydrogens (tertiary/aromatic N) is 4. The molecule has 0 saturated carbocycles. The van der Waals surface area contributed by atoms with Crippen LogP contribution in [0.3, 0.4) is 0 Å². The number of H-pyrrole nitrogens is 1. The average molecular weight is 399 g/mol. The summed E-state index contributed by atoms with van der Waals surface area (Å²) in [5.41, 5.74) is 2.03. The minimum Gasteiger partial charge on any atom is -0.377 e. The number of aromatic nitrogens is 4. The molecule has 1 aliphatic rings. The number of rotatable bonds is 6. The Hall–Kier alpha value is -2.94. The summed E-state index contributed by atoms with van der Waals surface area (Å²) in [4.78, 5) is 12.0. The number of guanidine groups is 1. The molecule has 0 radical (unpaired) electrons. The van der Waals surface area contributed by atoms with Crippen LogP contribution in [0.15, 0.2) is 29.4 Å². The van der Waals surface area contributed by atoms with Crippen LogP contribution in [-0.4, -0.2) is 52.5 Å². The molecule has 0 amide bonds. The Labute approximate surface area is 168 Å². The van der Waals surface area contributed by atoms with Crippen LogP contribution in [0.2, 0.25) is 0 Å². The van der Waals surface area contributed by atoms with E-state index in [0.29, 0.717) is 13.2 Å². The van der Waals surface area contributed by atoms with Gasteiger partial charge in [0.2, 0.25) is 0 Å². The van der Waals surface area contributed by atoms with E-state index in [9.17, 15) is 4.39 Å². The first-order valence-corrected chi connectivity index (χ1v) is 9.80. The summed E-state index contributed by atoms with van der Waals surface area (Å²) in [6, 6.07) is 5.04. The first kappa shape index (κ1) is 19.4. The number of aryl methyl sites for hydroxylation is 1. The number of ether oxygens (including phenoxy) is 1. The van der Waals surface area contributed by atoms with Gasteiger partial charge in [-0.3, -0.25) is 4.99 Å². The Morgan fingerprint density at radius 2 is 2.34 bits per heavy atom. The molecule has 9 heteroatoms. The van der Waals surface area contributed by atoms with Crippen LogP contribution in [0.4, 0.5) is 4.39 Å². The third-order valence-electron chi connectivity index (χ3n) is 5.16. The van der Waals surface area contributed by atoms with Crippen LogP contribution in [0.25, 0.3) is 10.9 Å². The summed E-state index contributed by atoms with van der Waals surface area (Å²) in [6.45, 7) is 1.87. The Bertz CT molecular complexity index is 1010. The SMILES string of the molecule is CN=C(NCCc1c[nH]c2ccc(F)cc12)NC1CCc2nc(COC)nn2C1. The molecule has 3 heterocycles. The first-order chi connectivity index (χ1) is 14.2. The van der Waals surface area contributed by atoms with E-state index in [0.717, 1.165) is 59.9 Å². The molecule has 2 aromatic heterocycles. The van der Waals surface area contributed by atoms with Crippen molar-refractivity contribution in [2.45, 2.75) is 38.5 Å². The summed E-state index contributed by atoms with van der Waals surface area (Å²) in [5, 5.41) is 12.2. The van der Waals surface area contributed by atoms with E-state index in [-0.39, 0.29) is 11.9 Å². The third kappa shape index (κ3) is 4.40. The molecule has 1 aliphatic heterocycles. The summed E-state index contributed by atoms with van der Waals surface area (Å²) in [6.07, 6.45) is 4.54. The maximum absolute atomic E-state index is 13.5. The number of fused-ring (bicyclic) bond motifs is 2. The first-order valence-electron chi connectivity index (χ1n) is 9.80. The van der Waals surface area contributed by atoms with Crippen LogP contribution < -0.4 is 10.6 Å². The van der Waals surface area contributed by atoms with E-state index in [2.05, 4.69) is 30.7 Å². The quantitative estimate of drug-likeness (QED) is 0.434. The minimum atomic E-state index is -0.220. The zero-order valence-corrected chi connectivity index (χ0v) is 16.7. The molecule has 3 N–H and O–H groups in total. The monoisotopic (exact) mass is 399 g/mol. The Kier molecular flexibility index (Phi) is 5.75. The second-order valence-electron chi connectivity index (χ2n) is 7.19.